The van der Waals surface area contributed by atoms with Crippen molar-refractivity contribution in [3.8, 4) is 5.75 Å². The Morgan fingerprint density at radius 1 is 0.821 bits per heavy atom. The molecule has 39 heavy (non-hydrogen) atoms. The van der Waals surface area contributed by atoms with E-state index in [-0.39, 0.29) is 12.5 Å². The molecule has 6 nitrogen and oxygen atoms in total. The fourth-order valence-electron chi connectivity index (χ4n) is 4.42. The molecule has 6 heteroatoms. The van der Waals surface area contributed by atoms with E-state index >= 15 is 0 Å². The monoisotopic (exact) mass is 518 g/mol. The Morgan fingerprint density at radius 3 is 2.36 bits per heavy atom. The van der Waals surface area contributed by atoms with E-state index in [2.05, 4.69) is 10.3 Å². The Labute approximate surface area is 227 Å². The van der Waals surface area contributed by atoms with Crippen LogP contribution in [-0.4, -0.2) is 22.9 Å². The number of rotatable bonds is 10. The van der Waals surface area contributed by atoms with Crippen LogP contribution in [0.15, 0.2) is 109 Å². The second-order valence-corrected chi connectivity index (χ2v) is 9.49. The predicted molar refractivity (Wildman–Crippen MR) is 151 cm³/mol. The summed E-state index contributed by atoms with van der Waals surface area (Å²) in [5.41, 5.74) is 5.28. The van der Waals surface area contributed by atoms with Crippen molar-refractivity contribution in [2.75, 3.05) is 0 Å². The van der Waals surface area contributed by atoms with Crippen LogP contribution in [0.4, 0.5) is 0 Å². The average molecular weight is 519 g/mol. The quantitative estimate of drug-likeness (QED) is 0.218. The summed E-state index contributed by atoms with van der Waals surface area (Å²) in [7, 11) is 0. The van der Waals surface area contributed by atoms with Crippen molar-refractivity contribution in [3.05, 3.63) is 137 Å². The predicted octanol–water partition coefficient (Wildman–Crippen LogP) is 6.14. The number of para-hydroxylation sites is 1. The van der Waals surface area contributed by atoms with Gasteiger partial charge in [0.15, 0.2) is 0 Å². The molecule has 0 saturated carbocycles. The van der Waals surface area contributed by atoms with E-state index in [4.69, 9.17) is 9.47 Å². The Morgan fingerprint density at radius 2 is 1.56 bits per heavy atom. The Bertz CT molecular complexity index is 1560. The van der Waals surface area contributed by atoms with E-state index in [0.29, 0.717) is 18.6 Å². The Hall–Kier alpha value is -4.84. The van der Waals surface area contributed by atoms with Crippen LogP contribution in [0.5, 0.6) is 5.75 Å². The van der Waals surface area contributed by atoms with E-state index < -0.39 is 12.0 Å². The number of aryl methyl sites for hydroxylation is 1. The first-order valence-electron chi connectivity index (χ1n) is 12.9. The van der Waals surface area contributed by atoms with E-state index in [1.807, 2.05) is 104 Å². The summed E-state index contributed by atoms with van der Waals surface area (Å²) in [6, 6.07) is 31.7. The van der Waals surface area contributed by atoms with Crippen molar-refractivity contribution in [1.82, 2.24) is 10.3 Å². The number of aromatic nitrogens is 1. The van der Waals surface area contributed by atoms with Gasteiger partial charge in [0.25, 0.3) is 5.91 Å². The van der Waals surface area contributed by atoms with Crippen LogP contribution in [-0.2, 0) is 29.2 Å². The fourth-order valence-corrected chi connectivity index (χ4v) is 4.42. The van der Waals surface area contributed by atoms with Gasteiger partial charge in [0.05, 0.1) is 0 Å². The van der Waals surface area contributed by atoms with E-state index in [1.54, 1.807) is 12.1 Å². The highest BCUT2D eigenvalue weighted by atomic mass is 16.5. The van der Waals surface area contributed by atoms with Gasteiger partial charge in [-0.3, -0.25) is 4.79 Å². The molecular weight excluding hydrogens is 488 g/mol. The number of carbonyl (C=O) groups excluding carboxylic acids is 2. The van der Waals surface area contributed by atoms with Crippen molar-refractivity contribution in [3.63, 3.8) is 0 Å². The standard InChI is InChI=1S/C33H30N2O4/c1-23-8-7-11-26(18-23)32(36)35-31(19-27-20-34-30-13-6-5-12-29(27)30)33(37)39-22-25-14-16-28(17-15-25)38-21-24-9-3-2-4-10-24/h2-18,20,31,34H,19,21-22H2,1H3,(H,35,36)/t31-/m0/s1. The third-order valence-corrected chi connectivity index (χ3v) is 6.52. The maximum absolute atomic E-state index is 13.3. The zero-order chi connectivity index (χ0) is 27.0. The highest BCUT2D eigenvalue weighted by molar-refractivity contribution is 5.97. The molecule has 0 radical (unpaired) electrons. The van der Waals surface area contributed by atoms with E-state index in [0.717, 1.165) is 38.9 Å². The lowest BCUT2D eigenvalue weighted by atomic mass is 10.0. The molecule has 1 atom stereocenters. The number of aromatic amines is 1. The lowest BCUT2D eigenvalue weighted by Crippen LogP contribution is -2.43. The summed E-state index contributed by atoms with van der Waals surface area (Å²) in [6.07, 6.45) is 2.17. The highest BCUT2D eigenvalue weighted by Gasteiger charge is 2.25. The maximum atomic E-state index is 13.3. The summed E-state index contributed by atoms with van der Waals surface area (Å²) < 4.78 is 11.5. The van der Waals surface area contributed by atoms with Gasteiger partial charge >= 0.3 is 5.97 Å². The second kappa shape index (κ2) is 12.1. The van der Waals surface area contributed by atoms with Crippen LogP contribution < -0.4 is 10.1 Å². The van der Waals surface area contributed by atoms with Crippen molar-refractivity contribution in [2.24, 2.45) is 0 Å². The minimum atomic E-state index is -0.856. The molecule has 2 N–H and O–H groups in total. The molecule has 5 aromatic rings. The van der Waals surface area contributed by atoms with Gasteiger partial charge in [0.1, 0.15) is 25.0 Å². The van der Waals surface area contributed by atoms with Gasteiger partial charge in [-0.05, 0) is 53.9 Å². The minimum absolute atomic E-state index is 0.0858. The van der Waals surface area contributed by atoms with E-state index in [1.165, 1.54) is 0 Å². The van der Waals surface area contributed by atoms with Gasteiger partial charge in [0, 0.05) is 29.1 Å². The third kappa shape index (κ3) is 6.73. The van der Waals surface area contributed by atoms with Crippen molar-refractivity contribution >= 4 is 22.8 Å². The van der Waals surface area contributed by atoms with Crippen molar-refractivity contribution in [2.45, 2.75) is 32.6 Å². The molecule has 0 unspecified atom stereocenters. The first-order valence-corrected chi connectivity index (χ1v) is 12.9. The van der Waals surface area contributed by atoms with Crippen molar-refractivity contribution < 1.29 is 19.1 Å². The number of amides is 1. The first-order chi connectivity index (χ1) is 19.0. The number of ether oxygens (including phenoxy) is 2. The van der Waals surface area contributed by atoms with Gasteiger partial charge in [-0.2, -0.15) is 0 Å². The molecule has 0 spiro atoms. The molecule has 0 aliphatic rings. The van der Waals surface area contributed by atoms with Crippen LogP contribution in [0, 0.1) is 6.92 Å². The smallest absolute Gasteiger partial charge is 0.329 e. The molecule has 1 aromatic heterocycles. The number of hydrogen-bond acceptors (Lipinski definition) is 4. The molecule has 1 amide bonds. The average Bonchev–Trinajstić information content (AvgIpc) is 3.38. The first kappa shape index (κ1) is 25.8. The van der Waals surface area contributed by atoms with Gasteiger partial charge in [-0.15, -0.1) is 0 Å². The molecule has 0 saturated heterocycles. The van der Waals surface area contributed by atoms with Crippen LogP contribution in [0.25, 0.3) is 10.9 Å². The molecule has 0 fully saturated rings. The molecule has 0 aliphatic heterocycles. The minimum Gasteiger partial charge on any atom is -0.489 e. The van der Waals surface area contributed by atoms with Gasteiger partial charge in [-0.1, -0.05) is 78.4 Å². The van der Waals surface area contributed by atoms with Crippen LogP contribution in [0.2, 0.25) is 0 Å². The molecule has 4 aromatic carbocycles. The van der Waals surface area contributed by atoms with Gasteiger partial charge < -0.3 is 19.8 Å². The maximum Gasteiger partial charge on any atom is 0.329 e. The van der Waals surface area contributed by atoms with Crippen LogP contribution in [0.3, 0.4) is 0 Å². The van der Waals surface area contributed by atoms with Gasteiger partial charge in [0.2, 0.25) is 0 Å². The highest BCUT2D eigenvalue weighted by Crippen LogP contribution is 2.20. The molecule has 1 heterocycles. The number of benzene rings is 4. The SMILES string of the molecule is Cc1cccc(C(=O)N[C@@H](Cc2c[nH]c3ccccc23)C(=O)OCc2ccc(OCc3ccccc3)cc2)c1. The van der Waals surface area contributed by atoms with Crippen molar-refractivity contribution in [1.29, 1.82) is 0 Å². The van der Waals surface area contributed by atoms with Crippen LogP contribution >= 0.6 is 0 Å². The second-order valence-electron chi connectivity index (χ2n) is 9.49. The molecule has 5 rings (SSSR count). The Balaban J connectivity index is 1.25. The summed E-state index contributed by atoms with van der Waals surface area (Å²) in [5, 5.41) is 3.90. The number of H-pyrrole nitrogens is 1. The topological polar surface area (TPSA) is 80.4 Å². The number of fused-ring (bicyclic) bond motifs is 1. The third-order valence-electron chi connectivity index (χ3n) is 6.52. The summed E-state index contributed by atoms with van der Waals surface area (Å²) >= 11 is 0. The number of carbonyl (C=O) groups is 2. The molecule has 0 aliphatic carbocycles. The zero-order valence-electron chi connectivity index (χ0n) is 21.7. The largest absolute Gasteiger partial charge is 0.489 e. The molecule has 196 valence electrons. The number of esters is 1. The Kier molecular flexibility index (Phi) is 8.03. The van der Waals surface area contributed by atoms with E-state index in [9.17, 15) is 9.59 Å². The number of hydrogen-bond donors (Lipinski definition) is 2. The fraction of sp³-hybridized carbons (Fsp3) is 0.152. The van der Waals surface area contributed by atoms with Crippen LogP contribution in [0.1, 0.15) is 32.6 Å². The lowest BCUT2D eigenvalue weighted by Gasteiger charge is -2.18. The summed E-state index contributed by atoms with van der Waals surface area (Å²) in [6.45, 7) is 2.49. The summed E-state index contributed by atoms with van der Waals surface area (Å²) in [4.78, 5) is 29.5. The normalized spacial score (nSPS) is 11.6. The van der Waals surface area contributed by atoms with Gasteiger partial charge in [-0.25, -0.2) is 4.79 Å². The number of nitrogens with one attached hydrogen (secondary N) is 2. The zero-order valence-corrected chi connectivity index (χ0v) is 21.7. The summed E-state index contributed by atoms with van der Waals surface area (Å²) in [5.74, 6) is -0.0809. The lowest BCUT2D eigenvalue weighted by molar-refractivity contribution is -0.147. The molecular formula is C33H30N2O4. The molecule has 0 bridgehead atoms.